The van der Waals surface area contributed by atoms with Gasteiger partial charge in [0.15, 0.2) is 0 Å². The van der Waals surface area contributed by atoms with Crippen LogP contribution in [0.1, 0.15) is 10.4 Å². The molecule has 19 heavy (non-hydrogen) atoms. The fraction of sp³-hybridized carbons (Fsp3) is 0. The highest BCUT2D eigenvalue weighted by molar-refractivity contribution is 9.10. The molecule has 0 radical (unpaired) electrons. The van der Waals surface area contributed by atoms with Crippen molar-refractivity contribution in [3.05, 3.63) is 52.8 Å². The zero-order valence-corrected chi connectivity index (χ0v) is 11.4. The van der Waals surface area contributed by atoms with Gasteiger partial charge in [-0.3, -0.25) is 9.78 Å². The first kappa shape index (κ1) is 11.9. The van der Waals surface area contributed by atoms with Gasteiger partial charge in [-0.1, -0.05) is 15.9 Å². The number of hydrogen-bond acceptors (Lipinski definition) is 2. The number of halogens is 1. The summed E-state index contributed by atoms with van der Waals surface area (Å²) >= 11 is 3.48. The molecule has 2 aromatic heterocycles. The van der Waals surface area contributed by atoms with E-state index in [0.717, 1.165) is 26.6 Å². The Kier molecular flexibility index (Phi) is 2.83. The van der Waals surface area contributed by atoms with E-state index in [4.69, 9.17) is 5.73 Å². The predicted molar refractivity (Wildman–Crippen MR) is 77.7 cm³/mol. The molecule has 0 spiro atoms. The maximum absolute atomic E-state index is 11.4. The molecule has 3 rings (SSSR count). The molecule has 2 heterocycles. The third-order valence-electron chi connectivity index (χ3n) is 2.98. The molecule has 0 aliphatic heterocycles. The van der Waals surface area contributed by atoms with Gasteiger partial charge in [-0.15, -0.1) is 0 Å². The lowest BCUT2D eigenvalue weighted by molar-refractivity contribution is 0.100. The number of fused-ring (bicyclic) bond motifs is 1. The number of aromatic nitrogens is 2. The second-order valence-corrected chi connectivity index (χ2v) is 5.03. The smallest absolute Gasteiger partial charge is 0.250 e. The van der Waals surface area contributed by atoms with E-state index in [1.807, 2.05) is 24.3 Å². The highest BCUT2D eigenvalue weighted by atomic mass is 79.9. The van der Waals surface area contributed by atoms with Gasteiger partial charge in [0.05, 0.1) is 11.1 Å². The number of carbonyl (C=O) groups is 1. The molecule has 0 aliphatic rings. The van der Waals surface area contributed by atoms with Gasteiger partial charge in [0.1, 0.15) is 0 Å². The maximum atomic E-state index is 11.4. The molecule has 94 valence electrons. The Morgan fingerprint density at radius 3 is 2.84 bits per heavy atom. The lowest BCUT2D eigenvalue weighted by atomic mass is 10.1. The first-order valence-corrected chi connectivity index (χ1v) is 6.47. The molecular weight excluding hydrogens is 306 g/mol. The number of primary amides is 1. The molecule has 0 saturated carbocycles. The molecular formula is C14H10BrN3O. The standard InChI is InChI=1S/C14H10BrN3O/c15-11-4-3-9(14(16)19)13-10(11)6-12(18-13)8-2-1-5-17-7-8/h1-7,18H,(H2,16,19). The lowest BCUT2D eigenvalue weighted by Crippen LogP contribution is -2.11. The second-order valence-electron chi connectivity index (χ2n) is 4.17. The zero-order valence-electron chi connectivity index (χ0n) is 9.85. The summed E-state index contributed by atoms with van der Waals surface area (Å²) in [6, 6.07) is 9.32. The summed E-state index contributed by atoms with van der Waals surface area (Å²) in [5, 5.41) is 0.926. The third kappa shape index (κ3) is 2.02. The van der Waals surface area contributed by atoms with E-state index in [9.17, 15) is 4.79 Å². The molecule has 3 N–H and O–H groups in total. The van der Waals surface area contributed by atoms with E-state index in [2.05, 4.69) is 25.9 Å². The Hall–Kier alpha value is -2.14. The monoisotopic (exact) mass is 315 g/mol. The number of nitrogens with two attached hydrogens (primary N) is 1. The van der Waals surface area contributed by atoms with Crippen LogP contribution < -0.4 is 5.73 Å². The van der Waals surface area contributed by atoms with Crippen LogP contribution in [0.15, 0.2) is 47.2 Å². The number of nitrogens with one attached hydrogen (secondary N) is 1. The van der Waals surface area contributed by atoms with Crippen LogP contribution in [0.5, 0.6) is 0 Å². The molecule has 0 atom stereocenters. The fourth-order valence-electron chi connectivity index (χ4n) is 2.07. The Bertz CT molecular complexity index is 765. The number of pyridine rings is 1. The Morgan fingerprint density at radius 2 is 2.16 bits per heavy atom. The summed E-state index contributed by atoms with van der Waals surface area (Å²) in [6.45, 7) is 0. The molecule has 3 aromatic rings. The molecule has 0 saturated heterocycles. The molecule has 1 amide bonds. The van der Waals surface area contributed by atoms with Crippen molar-refractivity contribution in [2.24, 2.45) is 5.73 Å². The zero-order chi connectivity index (χ0) is 13.4. The predicted octanol–water partition coefficient (Wildman–Crippen LogP) is 3.09. The van der Waals surface area contributed by atoms with Gasteiger partial charge in [0, 0.05) is 33.5 Å². The average molecular weight is 316 g/mol. The van der Waals surface area contributed by atoms with Crippen LogP contribution in [0.2, 0.25) is 0 Å². The topological polar surface area (TPSA) is 71.8 Å². The number of H-pyrrole nitrogens is 1. The molecule has 0 fully saturated rings. The number of rotatable bonds is 2. The lowest BCUT2D eigenvalue weighted by Gasteiger charge is -1.99. The van der Waals surface area contributed by atoms with Crippen LogP contribution in [0, 0.1) is 0 Å². The van der Waals surface area contributed by atoms with E-state index in [0.29, 0.717) is 5.56 Å². The van der Waals surface area contributed by atoms with Crippen molar-refractivity contribution in [1.82, 2.24) is 9.97 Å². The molecule has 0 unspecified atom stereocenters. The summed E-state index contributed by atoms with van der Waals surface area (Å²) < 4.78 is 0.916. The first-order valence-electron chi connectivity index (χ1n) is 5.68. The quantitative estimate of drug-likeness (QED) is 0.762. The van der Waals surface area contributed by atoms with Crippen molar-refractivity contribution < 1.29 is 4.79 Å². The van der Waals surface area contributed by atoms with E-state index in [1.54, 1.807) is 18.5 Å². The van der Waals surface area contributed by atoms with Crippen LogP contribution in [0.4, 0.5) is 0 Å². The van der Waals surface area contributed by atoms with Gasteiger partial charge >= 0.3 is 0 Å². The van der Waals surface area contributed by atoms with E-state index < -0.39 is 5.91 Å². The number of carbonyl (C=O) groups excluding carboxylic acids is 1. The van der Waals surface area contributed by atoms with Crippen molar-refractivity contribution in [3.8, 4) is 11.3 Å². The normalized spacial score (nSPS) is 10.8. The van der Waals surface area contributed by atoms with E-state index >= 15 is 0 Å². The van der Waals surface area contributed by atoms with Crippen molar-refractivity contribution in [2.75, 3.05) is 0 Å². The van der Waals surface area contributed by atoms with Gasteiger partial charge in [0.25, 0.3) is 5.91 Å². The van der Waals surface area contributed by atoms with E-state index in [-0.39, 0.29) is 0 Å². The summed E-state index contributed by atoms with van der Waals surface area (Å²) in [5.41, 5.74) is 8.47. The highest BCUT2D eigenvalue weighted by Crippen LogP contribution is 2.31. The highest BCUT2D eigenvalue weighted by Gasteiger charge is 2.12. The minimum absolute atomic E-state index is 0.447. The van der Waals surface area contributed by atoms with Crippen LogP contribution in [-0.4, -0.2) is 15.9 Å². The van der Waals surface area contributed by atoms with Crippen molar-refractivity contribution in [1.29, 1.82) is 0 Å². The van der Waals surface area contributed by atoms with Crippen molar-refractivity contribution >= 4 is 32.7 Å². The van der Waals surface area contributed by atoms with Gasteiger partial charge < -0.3 is 10.7 Å². The van der Waals surface area contributed by atoms with E-state index in [1.165, 1.54) is 0 Å². The third-order valence-corrected chi connectivity index (χ3v) is 3.67. The molecule has 0 bridgehead atoms. The number of amides is 1. The Labute approximate surface area is 117 Å². The number of nitrogens with zero attached hydrogens (tertiary/aromatic N) is 1. The maximum Gasteiger partial charge on any atom is 0.250 e. The van der Waals surface area contributed by atoms with Gasteiger partial charge in [-0.2, -0.15) is 0 Å². The van der Waals surface area contributed by atoms with Crippen LogP contribution in [0.25, 0.3) is 22.2 Å². The van der Waals surface area contributed by atoms with Gasteiger partial charge in [-0.05, 0) is 30.3 Å². The molecule has 0 aliphatic carbocycles. The minimum atomic E-state index is -0.447. The number of hydrogen-bond donors (Lipinski definition) is 2. The second kappa shape index (κ2) is 4.51. The van der Waals surface area contributed by atoms with Crippen molar-refractivity contribution in [2.45, 2.75) is 0 Å². The van der Waals surface area contributed by atoms with Crippen LogP contribution >= 0.6 is 15.9 Å². The summed E-state index contributed by atoms with van der Waals surface area (Å²) in [6.07, 6.45) is 3.49. The number of aromatic amines is 1. The van der Waals surface area contributed by atoms with Crippen LogP contribution in [0.3, 0.4) is 0 Å². The summed E-state index contributed by atoms with van der Waals surface area (Å²) in [4.78, 5) is 18.8. The number of benzene rings is 1. The molecule has 4 nitrogen and oxygen atoms in total. The minimum Gasteiger partial charge on any atom is -0.366 e. The Morgan fingerprint density at radius 1 is 1.32 bits per heavy atom. The summed E-state index contributed by atoms with van der Waals surface area (Å²) in [5.74, 6) is -0.447. The molecule has 1 aromatic carbocycles. The fourth-order valence-corrected chi connectivity index (χ4v) is 2.51. The SMILES string of the molecule is NC(=O)c1ccc(Br)c2cc(-c3cccnc3)[nH]c12. The van der Waals surface area contributed by atoms with Crippen LogP contribution in [-0.2, 0) is 0 Å². The van der Waals surface area contributed by atoms with Gasteiger partial charge in [0.2, 0.25) is 0 Å². The molecule has 5 heteroatoms. The average Bonchev–Trinajstić information content (AvgIpc) is 2.85. The van der Waals surface area contributed by atoms with Crippen molar-refractivity contribution in [3.63, 3.8) is 0 Å². The Balaban J connectivity index is 2.29. The largest absolute Gasteiger partial charge is 0.366 e. The first-order chi connectivity index (χ1) is 9.16. The van der Waals surface area contributed by atoms with Gasteiger partial charge in [-0.25, -0.2) is 0 Å². The summed E-state index contributed by atoms with van der Waals surface area (Å²) in [7, 11) is 0.